The minimum Gasteiger partial charge on any atom is -0.366 e. The van der Waals surface area contributed by atoms with Gasteiger partial charge in [0.15, 0.2) is 0 Å². The number of benzene rings is 1. The molecule has 0 bridgehead atoms. The predicted octanol–water partition coefficient (Wildman–Crippen LogP) is 3.10. The van der Waals surface area contributed by atoms with Crippen molar-refractivity contribution >= 4 is 17.0 Å². The summed E-state index contributed by atoms with van der Waals surface area (Å²) in [6.45, 7) is 2.49. The van der Waals surface area contributed by atoms with Crippen molar-refractivity contribution in [2.75, 3.05) is 11.9 Å². The third kappa shape index (κ3) is 2.66. The van der Waals surface area contributed by atoms with E-state index in [1.807, 2.05) is 18.4 Å². The largest absolute Gasteiger partial charge is 0.366 e. The minimum absolute atomic E-state index is 0.328. The zero-order chi connectivity index (χ0) is 13.1. The van der Waals surface area contributed by atoms with Crippen LogP contribution in [0.25, 0.3) is 0 Å². The van der Waals surface area contributed by atoms with Crippen molar-refractivity contribution in [2.45, 2.75) is 13.5 Å². The Hall–Kier alpha value is -1.93. The number of hydrogen-bond donors (Lipinski definition) is 0. The van der Waals surface area contributed by atoms with E-state index in [0.29, 0.717) is 17.8 Å². The Morgan fingerprint density at radius 1 is 1.50 bits per heavy atom. The van der Waals surface area contributed by atoms with E-state index in [9.17, 15) is 4.39 Å². The highest BCUT2D eigenvalue weighted by atomic mass is 32.1. The van der Waals surface area contributed by atoms with E-state index in [1.54, 1.807) is 35.4 Å². The highest BCUT2D eigenvalue weighted by Gasteiger charge is 2.10. The van der Waals surface area contributed by atoms with E-state index < -0.39 is 0 Å². The number of hydrogen-bond acceptors (Lipinski definition) is 4. The van der Waals surface area contributed by atoms with Gasteiger partial charge in [0.05, 0.1) is 34.6 Å². The van der Waals surface area contributed by atoms with Crippen LogP contribution >= 0.6 is 11.3 Å². The molecule has 18 heavy (non-hydrogen) atoms. The summed E-state index contributed by atoms with van der Waals surface area (Å²) in [6, 6.07) is 6.40. The van der Waals surface area contributed by atoms with Crippen LogP contribution < -0.4 is 4.90 Å². The summed E-state index contributed by atoms with van der Waals surface area (Å²) in [5.41, 5.74) is 1.72. The Morgan fingerprint density at radius 2 is 2.28 bits per heavy atom. The molecule has 0 aliphatic carbocycles. The minimum atomic E-state index is -0.386. The maximum Gasteiger partial charge on any atom is 0.147 e. The SMILES string of the molecule is Cc1nc(CN(C)c2ccc(C#N)cc2F)cs1. The number of aryl methyl sites for hydroxylation is 1. The van der Waals surface area contributed by atoms with Gasteiger partial charge in [0.25, 0.3) is 0 Å². The Bertz CT molecular complexity index is 601. The van der Waals surface area contributed by atoms with Gasteiger partial charge in [-0.15, -0.1) is 11.3 Å². The molecule has 0 saturated carbocycles. The maximum atomic E-state index is 13.8. The Morgan fingerprint density at radius 3 is 2.83 bits per heavy atom. The van der Waals surface area contributed by atoms with Gasteiger partial charge in [-0.2, -0.15) is 5.26 Å². The molecule has 1 aromatic heterocycles. The molecule has 1 aromatic carbocycles. The zero-order valence-electron chi connectivity index (χ0n) is 10.1. The molecule has 0 N–H and O–H groups in total. The van der Waals surface area contributed by atoms with Crippen molar-refractivity contribution in [3.63, 3.8) is 0 Å². The van der Waals surface area contributed by atoms with Crippen molar-refractivity contribution in [1.29, 1.82) is 5.26 Å². The molecule has 2 aromatic rings. The first-order valence-electron chi connectivity index (χ1n) is 5.42. The van der Waals surface area contributed by atoms with Crippen LogP contribution in [-0.2, 0) is 6.54 Å². The van der Waals surface area contributed by atoms with Gasteiger partial charge in [0.1, 0.15) is 5.82 Å². The molecule has 0 amide bonds. The predicted molar refractivity (Wildman–Crippen MR) is 70.1 cm³/mol. The van der Waals surface area contributed by atoms with Gasteiger partial charge in [-0.3, -0.25) is 0 Å². The van der Waals surface area contributed by atoms with Gasteiger partial charge < -0.3 is 4.90 Å². The number of halogens is 1. The summed E-state index contributed by atoms with van der Waals surface area (Å²) < 4.78 is 13.8. The third-order valence-electron chi connectivity index (χ3n) is 2.55. The smallest absolute Gasteiger partial charge is 0.147 e. The average molecular weight is 261 g/mol. The molecule has 2 rings (SSSR count). The Balaban J connectivity index is 2.19. The summed E-state index contributed by atoms with van der Waals surface area (Å²) >= 11 is 1.58. The van der Waals surface area contributed by atoms with E-state index in [2.05, 4.69) is 4.98 Å². The second kappa shape index (κ2) is 5.15. The van der Waals surface area contributed by atoms with Crippen molar-refractivity contribution < 1.29 is 4.39 Å². The molecule has 0 saturated heterocycles. The normalized spacial score (nSPS) is 10.1. The summed E-state index contributed by atoms with van der Waals surface area (Å²) in [7, 11) is 1.80. The van der Waals surface area contributed by atoms with Crippen molar-refractivity contribution in [3.05, 3.63) is 45.7 Å². The Labute approximate surface area is 109 Å². The molecule has 0 spiro atoms. The lowest BCUT2D eigenvalue weighted by molar-refractivity contribution is 0.621. The lowest BCUT2D eigenvalue weighted by atomic mass is 10.2. The van der Waals surface area contributed by atoms with E-state index in [4.69, 9.17) is 5.26 Å². The van der Waals surface area contributed by atoms with E-state index in [-0.39, 0.29) is 5.82 Å². The fraction of sp³-hybridized carbons (Fsp3) is 0.231. The molecule has 1 heterocycles. The quantitative estimate of drug-likeness (QED) is 0.852. The first-order chi connectivity index (χ1) is 8.60. The monoisotopic (exact) mass is 261 g/mol. The van der Waals surface area contributed by atoms with Crippen LogP contribution in [0.5, 0.6) is 0 Å². The van der Waals surface area contributed by atoms with Crippen LogP contribution in [0.3, 0.4) is 0 Å². The Kier molecular flexibility index (Phi) is 3.58. The fourth-order valence-electron chi connectivity index (χ4n) is 1.70. The first kappa shape index (κ1) is 12.5. The molecule has 5 heteroatoms. The third-order valence-corrected chi connectivity index (χ3v) is 3.38. The van der Waals surface area contributed by atoms with Gasteiger partial charge in [-0.1, -0.05) is 0 Å². The molecule has 92 valence electrons. The van der Waals surface area contributed by atoms with Crippen LogP contribution in [0.1, 0.15) is 16.3 Å². The number of anilines is 1. The lowest BCUT2D eigenvalue weighted by Crippen LogP contribution is -2.18. The molecule has 0 aliphatic heterocycles. The van der Waals surface area contributed by atoms with Gasteiger partial charge in [-0.05, 0) is 25.1 Å². The zero-order valence-corrected chi connectivity index (χ0v) is 11.0. The molecule has 0 radical (unpaired) electrons. The van der Waals surface area contributed by atoms with Crippen molar-refractivity contribution in [2.24, 2.45) is 0 Å². The van der Waals surface area contributed by atoms with E-state index >= 15 is 0 Å². The molecule has 0 aliphatic rings. The number of nitriles is 1. The molecule has 3 nitrogen and oxygen atoms in total. The standard InChI is InChI=1S/C13H12FN3S/c1-9-16-11(8-18-9)7-17(2)13-4-3-10(6-15)5-12(13)14/h3-5,8H,7H2,1-2H3. The second-order valence-electron chi connectivity index (χ2n) is 3.99. The van der Waals surface area contributed by atoms with Crippen LogP contribution in [0.2, 0.25) is 0 Å². The average Bonchev–Trinajstić information content (AvgIpc) is 2.74. The maximum absolute atomic E-state index is 13.8. The van der Waals surface area contributed by atoms with Crippen LogP contribution in [0.4, 0.5) is 10.1 Å². The molecular weight excluding hydrogens is 249 g/mol. The highest BCUT2D eigenvalue weighted by Crippen LogP contribution is 2.21. The van der Waals surface area contributed by atoms with Crippen LogP contribution in [-0.4, -0.2) is 12.0 Å². The number of rotatable bonds is 3. The number of aromatic nitrogens is 1. The van der Waals surface area contributed by atoms with E-state index in [0.717, 1.165) is 10.7 Å². The summed E-state index contributed by atoms with van der Waals surface area (Å²) in [4.78, 5) is 6.12. The fourth-order valence-corrected chi connectivity index (χ4v) is 2.30. The number of nitrogens with zero attached hydrogens (tertiary/aromatic N) is 3. The van der Waals surface area contributed by atoms with Crippen LogP contribution in [0, 0.1) is 24.1 Å². The molecule has 0 fully saturated rings. The molecule has 0 unspecified atom stereocenters. The highest BCUT2D eigenvalue weighted by molar-refractivity contribution is 7.09. The molecular formula is C13H12FN3S. The summed E-state index contributed by atoms with van der Waals surface area (Å²) in [5.74, 6) is -0.386. The topological polar surface area (TPSA) is 39.9 Å². The van der Waals surface area contributed by atoms with Gasteiger partial charge in [0.2, 0.25) is 0 Å². The lowest BCUT2D eigenvalue weighted by Gasteiger charge is -2.18. The van der Waals surface area contributed by atoms with Crippen molar-refractivity contribution in [1.82, 2.24) is 4.98 Å². The summed E-state index contributed by atoms with van der Waals surface area (Å²) in [6.07, 6.45) is 0. The van der Waals surface area contributed by atoms with Crippen LogP contribution in [0.15, 0.2) is 23.6 Å². The summed E-state index contributed by atoms with van der Waals surface area (Å²) in [5, 5.41) is 11.7. The van der Waals surface area contributed by atoms with Gasteiger partial charge >= 0.3 is 0 Å². The first-order valence-corrected chi connectivity index (χ1v) is 6.30. The molecule has 0 atom stereocenters. The van der Waals surface area contributed by atoms with Gasteiger partial charge in [0, 0.05) is 12.4 Å². The van der Waals surface area contributed by atoms with Crippen molar-refractivity contribution in [3.8, 4) is 6.07 Å². The van der Waals surface area contributed by atoms with E-state index in [1.165, 1.54) is 6.07 Å². The second-order valence-corrected chi connectivity index (χ2v) is 5.05. The van der Waals surface area contributed by atoms with Gasteiger partial charge in [-0.25, -0.2) is 9.37 Å². The number of thiazole rings is 1.